The lowest BCUT2D eigenvalue weighted by molar-refractivity contribution is 0.0697. The Bertz CT molecular complexity index is 448. The second-order valence-electron chi connectivity index (χ2n) is 4.61. The van der Waals surface area contributed by atoms with E-state index in [1.54, 1.807) is 25.3 Å². The zero-order valence-corrected chi connectivity index (χ0v) is 10.6. The first kappa shape index (κ1) is 12.7. The molecule has 5 nitrogen and oxygen atoms in total. The van der Waals surface area contributed by atoms with E-state index in [4.69, 9.17) is 9.84 Å². The van der Waals surface area contributed by atoms with Crippen LogP contribution in [-0.2, 0) is 0 Å². The number of carboxylic acids is 1. The van der Waals surface area contributed by atoms with Crippen LogP contribution in [0.1, 0.15) is 16.8 Å². The molecule has 0 amide bonds. The number of hydrogen-bond acceptors (Lipinski definition) is 4. The van der Waals surface area contributed by atoms with Crippen molar-refractivity contribution in [3.8, 4) is 5.75 Å². The van der Waals surface area contributed by atoms with E-state index in [1.165, 1.54) is 0 Å². The fourth-order valence-corrected chi connectivity index (χ4v) is 2.23. The van der Waals surface area contributed by atoms with Crippen LogP contribution in [0.4, 0.5) is 5.69 Å². The number of carboxylic acid groups (broad SMARTS) is 1. The highest BCUT2D eigenvalue weighted by molar-refractivity contribution is 5.89. The molecule has 1 heterocycles. The average Bonchev–Trinajstić information content (AvgIpc) is 2.74. The highest BCUT2D eigenvalue weighted by atomic mass is 16.5. The fraction of sp³-hybridized carbons (Fsp3) is 0.462. The summed E-state index contributed by atoms with van der Waals surface area (Å²) in [4.78, 5) is 13.2. The summed E-state index contributed by atoms with van der Waals surface area (Å²) in [5, 5.41) is 12.4. The number of rotatable bonds is 4. The third kappa shape index (κ3) is 2.73. The minimum absolute atomic E-state index is 0.268. The van der Waals surface area contributed by atoms with Crippen LogP contribution < -0.4 is 10.1 Å². The summed E-state index contributed by atoms with van der Waals surface area (Å²) >= 11 is 0. The molecule has 1 unspecified atom stereocenters. The lowest BCUT2D eigenvalue weighted by Gasteiger charge is -2.17. The summed E-state index contributed by atoms with van der Waals surface area (Å²) in [5.41, 5.74) is 1.02. The highest BCUT2D eigenvalue weighted by Gasteiger charge is 2.20. The predicted molar refractivity (Wildman–Crippen MR) is 69.5 cm³/mol. The molecule has 0 aliphatic carbocycles. The summed E-state index contributed by atoms with van der Waals surface area (Å²) in [6.07, 6.45) is 1.05. The van der Waals surface area contributed by atoms with Gasteiger partial charge in [-0.1, -0.05) is 0 Å². The lowest BCUT2D eigenvalue weighted by atomic mass is 10.1. The number of carbonyl (C=O) groups is 1. The molecule has 0 saturated carbocycles. The summed E-state index contributed by atoms with van der Waals surface area (Å²) < 4.78 is 5.25. The third-order valence-corrected chi connectivity index (χ3v) is 3.20. The van der Waals surface area contributed by atoms with E-state index < -0.39 is 5.97 Å². The Labute approximate surface area is 106 Å². The van der Waals surface area contributed by atoms with Crippen LogP contribution in [0.15, 0.2) is 18.2 Å². The molecule has 0 aromatic heterocycles. The minimum Gasteiger partial charge on any atom is -0.495 e. The number of ether oxygens (including phenoxy) is 1. The number of benzene rings is 1. The number of likely N-dealkylation sites (N-methyl/N-ethyl adjacent to an activating group) is 1. The SMILES string of the molecule is COc1ccc(C(=O)O)cc1NC1CCN(C)C1. The van der Waals surface area contributed by atoms with Gasteiger partial charge < -0.3 is 20.1 Å². The van der Waals surface area contributed by atoms with Gasteiger partial charge in [0, 0.05) is 12.6 Å². The van der Waals surface area contributed by atoms with Gasteiger partial charge in [-0.2, -0.15) is 0 Å². The van der Waals surface area contributed by atoms with Gasteiger partial charge in [0.05, 0.1) is 18.4 Å². The van der Waals surface area contributed by atoms with E-state index in [9.17, 15) is 4.79 Å². The quantitative estimate of drug-likeness (QED) is 0.848. The van der Waals surface area contributed by atoms with Gasteiger partial charge in [0.25, 0.3) is 0 Å². The summed E-state index contributed by atoms with van der Waals surface area (Å²) in [7, 11) is 3.66. The predicted octanol–water partition coefficient (Wildman–Crippen LogP) is 1.51. The Morgan fingerprint density at radius 1 is 1.56 bits per heavy atom. The first-order chi connectivity index (χ1) is 8.60. The van der Waals surface area contributed by atoms with Crippen molar-refractivity contribution in [1.29, 1.82) is 0 Å². The van der Waals surface area contributed by atoms with Gasteiger partial charge in [-0.05, 0) is 38.2 Å². The maximum absolute atomic E-state index is 11.0. The van der Waals surface area contributed by atoms with E-state index in [0.29, 0.717) is 11.8 Å². The molecular formula is C13H18N2O3. The van der Waals surface area contributed by atoms with Gasteiger partial charge in [0.15, 0.2) is 0 Å². The molecular weight excluding hydrogens is 232 g/mol. The molecule has 1 atom stereocenters. The van der Waals surface area contributed by atoms with Crippen molar-refractivity contribution in [2.75, 3.05) is 32.6 Å². The third-order valence-electron chi connectivity index (χ3n) is 3.20. The van der Waals surface area contributed by atoms with Crippen molar-refractivity contribution in [3.63, 3.8) is 0 Å². The van der Waals surface area contributed by atoms with Gasteiger partial charge in [-0.3, -0.25) is 0 Å². The van der Waals surface area contributed by atoms with Crippen LogP contribution >= 0.6 is 0 Å². The zero-order valence-electron chi connectivity index (χ0n) is 10.6. The van der Waals surface area contributed by atoms with Crippen LogP contribution in [0.5, 0.6) is 5.75 Å². The van der Waals surface area contributed by atoms with Crippen molar-refractivity contribution in [3.05, 3.63) is 23.8 Å². The maximum Gasteiger partial charge on any atom is 0.335 e. The van der Waals surface area contributed by atoms with Gasteiger partial charge in [0.1, 0.15) is 5.75 Å². The molecule has 1 saturated heterocycles. The number of likely N-dealkylation sites (tertiary alicyclic amines) is 1. The van der Waals surface area contributed by atoms with Gasteiger partial charge >= 0.3 is 5.97 Å². The molecule has 1 aromatic carbocycles. The largest absolute Gasteiger partial charge is 0.495 e. The second kappa shape index (κ2) is 5.27. The molecule has 2 rings (SSSR count). The van der Waals surface area contributed by atoms with Crippen molar-refractivity contribution in [2.24, 2.45) is 0 Å². The van der Waals surface area contributed by atoms with Gasteiger partial charge in [-0.15, -0.1) is 0 Å². The number of nitrogens with zero attached hydrogens (tertiary/aromatic N) is 1. The molecule has 98 valence electrons. The Morgan fingerprint density at radius 3 is 2.89 bits per heavy atom. The average molecular weight is 250 g/mol. The second-order valence-corrected chi connectivity index (χ2v) is 4.61. The van der Waals surface area contributed by atoms with E-state index in [2.05, 4.69) is 17.3 Å². The summed E-state index contributed by atoms with van der Waals surface area (Å²) in [6, 6.07) is 5.20. The van der Waals surface area contributed by atoms with Gasteiger partial charge in [0.2, 0.25) is 0 Å². The molecule has 0 radical (unpaired) electrons. The monoisotopic (exact) mass is 250 g/mol. The maximum atomic E-state index is 11.0. The topological polar surface area (TPSA) is 61.8 Å². The molecule has 2 N–H and O–H groups in total. The summed E-state index contributed by atoms with van der Waals surface area (Å²) in [5.74, 6) is -0.251. The smallest absolute Gasteiger partial charge is 0.335 e. The molecule has 18 heavy (non-hydrogen) atoms. The zero-order chi connectivity index (χ0) is 13.1. The van der Waals surface area contributed by atoms with Crippen LogP contribution in [-0.4, -0.2) is 49.3 Å². The van der Waals surface area contributed by atoms with Gasteiger partial charge in [-0.25, -0.2) is 4.79 Å². The molecule has 1 fully saturated rings. The van der Waals surface area contributed by atoms with E-state index in [1.807, 2.05) is 0 Å². The number of methoxy groups -OCH3 is 1. The standard InChI is InChI=1S/C13H18N2O3/c1-15-6-5-10(8-15)14-11-7-9(13(16)17)3-4-12(11)18-2/h3-4,7,10,14H,5-6,8H2,1-2H3,(H,16,17). The van der Waals surface area contributed by atoms with Crippen LogP contribution in [0, 0.1) is 0 Å². The van der Waals surface area contributed by atoms with Crippen molar-refractivity contribution in [1.82, 2.24) is 4.90 Å². The fourth-order valence-electron chi connectivity index (χ4n) is 2.23. The lowest BCUT2D eigenvalue weighted by Crippen LogP contribution is -2.23. The Morgan fingerprint density at radius 2 is 2.33 bits per heavy atom. The Kier molecular flexibility index (Phi) is 3.72. The van der Waals surface area contributed by atoms with Crippen molar-refractivity contribution in [2.45, 2.75) is 12.5 Å². The Hall–Kier alpha value is -1.75. The van der Waals surface area contributed by atoms with E-state index >= 15 is 0 Å². The molecule has 5 heteroatoms. The molecule has 0 bridgehead atoms. The molecule has 1 aliphatic heterocycles. The number of anilines is 1. The van der Waals surface area contributed by atoms with Crippen LogP contribution in [0.2, 0.25) is 0 Å². The van der Waals surface area contributed by atoms with Crippen molar-refractivity contribution < 1.29 is 14.6 Å². The van der Waals surface area contributed by atoms with E-state index in [-0.39, 0.29) is 5.56 Å². The molecule has 1 aromatic rings. The summed E-state index contributed by atoms with van der Waals surface area (Å²) in [6.45, 7) is 2.01. The Balaban J connectivity index is 2.18. The molecule has 0 spiro atoms. The number of nitrogens with one attached hydrogen (secondary N) is 1. The normalized spacial score (nSPS) is 19.8. The van der Waals surface area contributed by atoms with E-state index in [0.717, 1.165) is 25.2 Å². The first-order valence-electron chi connectivity index (χ1n) is 5.96. The highest BCUT2D eigenvalue weighted by Crippen LogP contribution is 2.27. The van der Waals surface area contributed by atoms with Crippen LogP contribution in [0.3, 0.4) is 0 Å². The molecule has 1 aliphatic rings. The first-order valence-corrected chi connectivity index (χ1v) is 5.96. The number of hydrogen-bond donors (Lipinski definition) is 2. The number of aromatic carboxylic acids is 1. The van der Waals surface area contributed by atoms with Crippen molar-refractivity contribution >= 4 is 11.7 Å². The van der Waals surface area contributed by atoms with Crippen LogP contribution in [0.25, 0.3) is 0 Å². The minimum atomic E-state index is -0.927.